The van der Waals surface area contributed by atoms with Crippen LogP contribution < -0.4 is 5.32 Å². The third kappa shape index (κ3) is 4.80. The van der Waals surface area contributed by atoms with E-state index in [1.54, 1.807) is 30.3 Å². The SMILES string of the molecule is O=C(CCc1nc(-c2cccc(F)c2)no1)NCc1ccc(Cl)cc1Cl. The lowest BCUT2D eigenvalue weighted by Crippen LogP contribution is -2.23. The van der Waals surface area contributed by atoms with Gasteiger partial charge in [-0.05, 0) is 29.8 Å². The van der Waals surface area contributed by atoms with Crippen molar-refractivity contribution in [1.82, 2.24) is 15.5 Å². The summed E-state index contributed by atoms with van der Waals surface area (Å²) in [5, 5.41) is 7.61. The third-order valence-electron chi connectivity index (χ3n) is 3.61. The number of carbonyl (C=O) groups excluding carboxylic acids is 1. The minimum Gasteiger partial charge on any atom is -0.352 e. The highest BCUT2D eigenvalue weighted by Crippen LogP contribution is 2.21. The Morgan fingerprint density at radius 2 is 2.04 bits per heavy atom. The first-order valence-corrected chi connectivity index (χ1v) is 8.56. The molecule has 3 aromatic rings. The quantitative estimate of drug-likeness (QED) is 0.672. The van der Waals surface area contributed by atoms with E-state index in [0.717, 1.165) is 5.56 Å². The second kappa shape index (κ2) is 8.29. The lowest BCUT2D eigenvalue weighted by molar-refractivity contribution is -0.121. The number of hydrogen-bond donors (Lipinski definition) is 1. The number of aryl methyl sites for hydroxylation is 1. The number of halogens is 3. The first-order chi connectivity index (χ1) is 12.5. The van der Waals surface area contributed by atoms with Crippen molar-refractivity contribution in [2.24, 2.45) is 0 Å². The fraction of sp³-hybridized carbons (Fsp3) is 0.167. The smallest absolute Gasteiger partial charge is 0.227 e. The van der Waals surface area contributed by atoms with Crippen LogP contribution in [0.4, 0.5) is 4.39 Å². The summed E-state index contributed by atoms with van der Waals surface area (Å²) < 4.78 is 18.3. The molecule has 5 nitrogen and oxygen atoms in total. The van der Waals surface area contributed by atoms with Gasteiger partial charge in [0.15, 0.2) is 0 Å². The van der Waals surface area contributed by atoms with Crippen LogP contribution in [0.25, 0.3) is 11.4 Å². The van der Waals surface area contributed by atoms with Crippen molar-refractivity contribution in [3.8, 4) is 11.4 Å². The highest BCUT2D eigenvalue weighted by molar-refractivity contribution is 6.35. The summed E-state index contributed by atoms with van der Waals surface area (Å²) in [5.74, 6) is 0.0346. The Labute approximate surface area is 159 Å². The van der Waals surface area contributed by atoms with Gasteiger partial charge >= 0.3 is 0 Å². The molecule has 0 saturated heterocycles. The molecule has 0 fully saturated rings. The molecule has 1 aromatic heterocycles. The maximum atomic E-state index is 13.2. The van der Waals surface area contributed by atoms with E-state index >= 15 is 0 Å². The van der Waals surface area contributed by atoms with Gasteiger partial charge in [0.2, 0.25) is 17.6 Å². The molecule has 8 heteroatoms. The van der Waals surface area contributed by atoms with Gasteiger partial charge in [0.25, 0.3) is 0 Å². The summed E-state index contributed by atoms with van der Waals surface area (Å²) in [6, 6.07) is 11.0. The molecule has 1 amide bonds. The Bertz CT molecular complexity index is 930. The Balaban J connectivity index is 1.52. The van der Waals surface area contributed by atoms with Crippen LogP contribution in [0.5, 0.6) is 0 Å². The molecule has 0 atom stereocenters. The highest BCUT2D eigenvalue weighted by atomic mass is 35.5. The Kier molecular flexibility index (Phi) is 5.85. The van der Waals surface area contributed by atoms with E-state index in [2.05, 4.69) is 15.5 Å². The molecule has 0 aliphatic heterocycles. The van der Waals surface area contributed by atoms with E-state index < -0.39 is 0 Å². The molecule has 0 aliphatic rings. The van der Waals surface area contributed by atoms with Crippen LogP contribution in [0, 0.1) is 5.82 Å². The van der Waals surface area contributed by atoms with Crippen LogP contribution in [0.3, 0.4) is 0 Å². The van der Waals surface area contributed by atoms with Crippen molar-refractivity contribution in [3.63, 3.8) is 0 Å². The van der Waals surface area contributed by atoms with Crippen molar-refractivity contribution >= 4 is 29.1 Å². The standard InChI is InChI=1S/C18H14Cl2FN3O2/c19-13-5-4-12(15(20)9-13)10-22-16(25)6-7-17-23-18(24-26-17)11-2-1-3-14(21)8-11/h1-5,8-9H,6-7,10H2,(H,22,25). The molecule has 1 heterocycles. The summed E-state index contributed by atoms with van der Waals surface area (Å²) in [7, 11) is 0. The van der Waals surface area contributed by atoms with Gasteiger partial charge in [0.05, 0.1) is 0 Å². The van der Waals surface area contributed by atoms with Crippen molar-refractivity contribution in [3.05, 3.63) is 69.8 Å². The van der Waals surface area contributed by atoms with Crippen molar-refractivity contribution in [2.45, 2.75) is 19.4 Å². The minimum absolute atomic E-state index is 0.177. The lowest BCUT2D eigenvalue weighted by Gasteiger charge is -2.06. The van der Waals surface area contributed by atoms with Gasteiger partial charge in [-0.25, -0.2) is 4.39 Å². The molecular formula is C18H14Cl2FN3O2. The molecule has 2 aromatic carbocycles. The van der Waals surface area contributed by atoms with E-state index in [4.69, 9.17) is 27.7 Å². The lowest BCUT2D eigenvalue weighted by atomic mass is 10.2. The van der Waals surface area contributed by atoms with Crippen LogP contribution >= 0.6 is 23.2 Å². The molecule has 3 rings (SSSR count). The zero-order valence-corrected chi connectivity index (χ0v) is 15.0. The first kappa shape index (κ1) is 18.4. The Morgan fingerprint density at radius 3 is 2.81 bits per heavy atom. The molecule has 0 unspecified atom stereocenters. The molecule has 0 spiro atoms. The molecule has 0 radical (unpaired) electrons. The van der Waals surface area contributed by atoms with Crippen LogP contribution in [0.1, 0.15) is 17.9 Å². The fourth-order valence-corrected chi connectivity index (χ4v) is 2.74. The molecule has 0 aliphatic carbocycles. The molecular weight excluding hydrogens is 380 g/mol. The Hall–Kier alpha value is -2.44. The van der Waals surface area contributed by atoms with Crippen LogP contribution in [-0.4, -0.2) is 16.0 Å². The number of aromatic nitrogens is 2. The third-order valence-corrected chi connectivity index (χ3v) is 4.19. The summed E-state index contributed by atoms with van der Waals surface area (Å²) in [4.78, 5) is 16.1. The number of nitrogens with one attached hydrogen (secondary N) is 1. The van der Waals surface area contributed by atoms with E-state index in [-0.39, 0.29) is 30.4 Å². The van der Waals surface area contributed by atoms with E-state index in [9.17, 15) is 9.18 Å². The van der Waals surface area contributed by atoms with E-state index in [0.29, 0.717) is 28.0 Å². The summed E-state index contributed by atoms with van der Waals surface area (Å²) in [6.45, 7) is 0.299. The second-order valence-corrected chi connectivity index (χ2v) is 6.38. The molecule has 26 heavy (non-hydrogen) atoms. The van der Waals surface area contributed by atoms with Gasteiger partial charge in [-0.15, -0.1) is 0 Å². The average molecular weight is 394 g/mol. The van der Waals surface area contributed by atoms with E-state index in [1.165, 1.54) is 12.1 Å². The highest BCUT2D eigenvalue weighted by Gasteiger charge is 2.11. The van der Waals surface area contributed by atoms with Crippen molar-refractivity contribution in [1.29, 1.82) is 0 Å². The predicted molar refractivity (Wildman–Crippen MR) is 96.3 cm³/mol. The maximum Gasteiger partial charge on any atom is 0.227 e. The number of amides is 1. The van der Waals surface area contributed by atoms with Crippen LogP contribution in [0.2, 0.25) is 10.0 Å². The molecule has 0 bridgehead atoms. The Morgan fingerprint density at radius 1 is 1.19 bits per heavy atom. The molecule has 0 saturated carbocycles. The zero-order chi connectivity index (χ0) is 18.5. The fourth-order valence-electron chi connectivity index (χ4n) is 2.27. The summed E-state index contributed by atoms with van der Waals surface area (Å²) >= 11 is 11.9. The monoisotopic (exact) mass is 393 g/mol. The van der Waals surface area contributed by atoms with Crippen molar-refractivity contribution in [2.75, 3.05) is 0 Å². The van der Waals surface area contributed by atoms with Gasteiger partial charge in [0.1, 0.15) is 5.82 Å². The van der Waals surface area contributed by atoms with Crippen LogP contribution in [-0.2, 0) is 17.8 Å². The maximum absolute atomic E-state index is 13.2. The van der Waals surface area contributed by atoms with Gasteiger partial charge < -0.3 is 9.84 Å². The topological polar surface area (TPSA) is 68.0 Å². The zero-order valence-electron chi connectivity index (χ0n) is 13.5. The minimum atomic E-state index is -0.380. The number of nitrogens with zero attached hydrogens (tertiary/aromatic N) is 2. The van der Waals surface area contributed by atoms with Gasteiger partial charge in [-0.3, -0.25) is 4.79 Å². The summed E-state index contributed by atoms with van der Waals surface area (Å²) in [6.07, 6.45) is 0.457. The second-order valence-electron chi connectivity index (χ2n) is 5.53. The van der Waals surface area contributed by atoms with Crippen molar-refractivity contribution < 1.29 is 13.7 Å². The molecule has 1 N–H and O–H groups in total. The largest absolute Gasteiger partial charge is 0.352 e. The van der Waals surface area contributed by atoms with Gasteiger partial charge in [-0.1, -0.05) is 46.6 Å². The number of carbonyl (C=O) groups is 1. The average Bonchev–Trinajstić information content (AvgIpc) is 3.08. The summed E-state index contributed by atoms with van der Waals surface area (Å²) in [5.41, 5.74) is 1.29. The van der Waals surface area contributed by atoms with Gasteiger partial charge in [0, 0.05) is 35.0 Å². The number of benzene rings is 2. The number of hydrogen-bond acceptors (Lipinski definition) is 4. The number of rotatable bonds is 6. The normalized spacial score (nSPS) is 10.7. The van der Waals surface area contributed by atoms with Crippen LogP contribution in [0.15, 0.2) is 47.0 Å². The van der Waals surface area contributed by atoms with E-state index in [1.807, 2.05) is 0 Å². The predicted octanol–water partition coefficient (Wildman–Crippen LogP) is 4.43. The first-order valence-electron chi connectivity index (χ1n) is 7.80. The molecule has 134 valence electrons. The van der Waals surface area contributed by atoms with Gasteiger partial charge in [-0.2, -0.15) is 4.98 Å².